The Hall–Kier alpha value is -1.02. The zero-order valence-corrected chi connectivity index (χ0v) is 37.8. The summed E-state index contributed by atoms with van der Waals surface area (Å²) in [6.45, 7) is 5.62. The molecule has 1 N–H and O–H groups in total. The van der Waals surface area contributed by atoms with Crippen LogP contribution in [0.15, 0.2) is 24.3 Å². The van der Waals surface area contributed by atoms with E-state index in [0.717, 1.165) is 32.1 Å². The molecule has 0 aromatic rings. The zero-order chi connectivity index (χ0) is 40.6. The molecule has 0 saturated carbocycles. The maximum atomic E-state index is 12.7. The molecule has 8 nitrogen and oxygen atoms in total. The van der Waals surface area contributed by atoms with E-state index in [-0.39, 0.29) is 25.8 Å². The number of unbranched alkanes of at least 4 members (excludes halogenated alkanes) is 25. The van der Waals surface area contributed by atoms with E-state index in [9.17, 15) is 14.3 Å². The van der Waals surface area contributed by atoms with Crippen molar-refractivity contribution in [1.29, 1.82) is 0 Å². The number of allylic oxidation sites excluding steroid dienone is 4. The summed E-state index contributed by atoms with van der Waals surface area (Å²) in [7, 11) is 1.67. The third-order valence-electron chi connectivity index (χ3n) is 9.99. The minimum absolute atomic E-state index is 0.0878. The van der Waals surface area contributed by atoms with Gasteiger partial charge in [-0.05, 0) is 64.2 Å². The van der Waals surface area contributed by atoms with Crippen molar-refractivity contribution in [2.24, 2.45) is 0 Å². The van der Waals surface area contributed by atoms with Crippen molar-refractivity contribution < 1.29 is 37.3 Å². The van der Waals surface area contributed by atoms with Gasteiger partial charge in [-0.3, -0.25) is 13.8 Å². The highest BCUT2D eigenvalue weighted by Gasteiger charge is 2.26. The number of phosphoric ester groups is 1. The fraction of sp³-hybridized carbons (Fsp3) is 0.891. The van der Waals surface area contributed by atoms with Crippen LogP contribution in [0.25, 0.3) is 0 Å². The molecule has 0 aliphatic heterocycles. The highest BCUT2D eigenvalue weighted by molar-refractivity contribution is 7.47. The topological polar surface area (TPSA) is 91.3 Å². The SMILES string of the molecule is CCCCCCC/C=C\CCCCCCCCOCC(COP(=O)(O)OCC[N+](C)(C)C)OC(=O)CCCCCCCCC/C=C\CCCCCCCCC. The first-order valence-electron chi connectivity index (χ1n) is 23.1. The highest BCUT2D eigenvalue weighted by Crippen LogP contribution is 2.43. The Kier molecular flexibility index (Phi) is 39.1. The smallest absolute Gasteiger partial charge is 0.457 e. The molecular formula is C46H91NO7P+. The Morgan fingerprint density at radius 3 is 1.38 bits per heavy atom. The summed E-state index contributed by atoms with van der Waals surface area (Å²) >= 11 is 0. The number of hydrogen-bond donors (Lipinski definition) is 1. The van der Waals surface area contributed by atoms with Crippen LogP contribution >= 0.6 is 7.82 Å². The maximum absolute atomic E-state index is 12.7. The van der Waals surface area contributed by atoms with Crippen molar-refractivity contribution in [2.45, 2.75) is 213 Å². The van der Waals surface area contributed by atoms with Crippen LogP contribution in [0.4, 0.5) is 0 Å². The molecule has 0 aliphatic rings. The molecule has 326 valence electrons. The van der Waals surface area contributed by atoms with Gasteiger partial charge in [-0.15, -0.1) is 0 Å². The molecule has 0 amide bonds. The summed E-state index contributed by atoms with van der Waals surface area (Å²) in [4.78, 5) is 22.9. The largest absolute Gasteiger partial charge is 0.472 e. The van der Waals surface area contributed by atoms with Gasteiger partial charge in [0.25, 0.3) is 0 Å². The molecule has 2 unspecified atom stereocenters. The molecule has 9 heteroatoms. The molecule has 55 heavy (non-hydrogen) atoms. The van der Waals surface area contributed by atoms with Gasteiger partial charge >= 0.3 is 13.8 Å². The minimum Gasteiger partial charge on any atom is -0.457 e. The maximum Gasteiger partial charge on any atom is 0.472 e. The lowest BCUT2D eigenvalue weighted by Gasteiger charge is -2.24. The molecule has 0 aliphatic carbocycles. The van der Waals surface area contributed by atoms with Gasteiger partial charge in [0.1, 0.15) is 19.3 Å². The van der Waals surface area contributed by atoms with Gasteiger partial charge in [-0.2, -0.15) is 0 Å². The van der Waals surface area contributed by atoms with Crippen LogP contribution in [-0.4, -0.2) is 75.6 Å². The fourth-order valence-corrected chi connectivity index (χ4v) is 7.11. The van der Waals surface area contributed by atoms with E-state index in [2.05, 4.69) is 38.2 Å². The van der Waals surface area contributed by atoms with Crippen molar-refractivity contribution in [1.82, 2.24) is 0 Å². The van der Waals surface area contributed by atoms with E-state index in [4.69, 9.17) is 18.5 Å². The van der Waals surface area contributed by atoms with E-state index in [1.54, 1.807) is 0 Å². The lowest BCUT2D eigenvalue weighted by atomic mass is 10.1. The number of ether oxygens (including phenoxy) is 2. The average Bonchev–Trinajstić information content (AvgIpc) is 3.13. The molecule has 0 aromatic carbocycles. The molecule has 0 saturated heterocycles. The number of quaternary nitrogens is 1. The second-order valence-corrected chi connectivity index (χ2v) is 18.2. The standard InChI is InChI=1S/C46H90NO7P/c1-6-8-10-12-14-16-18-20-22-23-24-25-27-29-31-33-35-37-39-46(48)54-45(44-53-55(49,50)52-42-40-47(3,4)5)43-51-41-38-36-34-32-30-28-26-21-19-17-15-13-11-9-7-2/h19,21-23,45H,6-18,20,24-44H2,1-5H3/p+1/b21-19-,23-22-. The van der Waals surface area contributed by atoms with Crippen LogP contribution in [0.1, 0.15) is 206 Å². The van der Waals surface area contributed by atoms with Crippen LogP contribution in [0.3, 0.4) is 0 Å². The molecular weight excluding hydrogens is 709 g/mol. The lowest BCUT2D eigenvalue weighted by molar-refractivity contribution is -0.870. The predicted molar refractivity (Wildman–Crippen MR) is 233 cm³/mol. The molecule has 0 aromatic heterocycles. The Balaban J connectivity index is 4.21. The van der Waals surface area contributed by atoms with Crippen LogP contribution in [-0.2, 0) is 27.9 Å². The van der Waals surface area contributed by atoms with Crippen molar-refractivity contribution in [3.8, 4) is 0 Å². The van der Waals surface area contributed by atoms with Crippen molar-refractivity contribution in [2.75, 3.05) is 54.1 Å². The summed E-state index contributed by atoms with van der Waals surface area (Å²) in [6, 6.07) is 0. The van der Waals surface area contributed by atoms with E-state index in [1.165, 1.54) is 154 Å². The monoisotopic (exact) mass is 801 g/mol. The second-order valence-electron chi connectivity index (χ2n) is 16.8. The molecule has 0 heterocycles. The number of carbonyl (C=O) groups excluding carboxylic acids is 1. The summed E-state index contributed by atoms with van der Waals surface area (Å²) < 4.78 is 35.0. The third kappa shape index (κ3) is 43.9. The van der Waals surface area contributed by atoms with Crippen molar-refractivity contribution >= 4 is 13.8 Å². The van der Waals surface area contributed by atoms with Gasteiger partial charge in [0.2, 0.25) is 0 Å². The lowest BCUT2D eigenvalue weighted by Crippen LogP contribution is -2.37. The van der Waals surface area contributed by atoms with Gasteiger partial charge in [0, 0.05) is 13.0 Å². The second kappa shape index (κ2) is 39.8. The van der Waals surface area contributed by atoms with Gasteiger partial charge in [0.05, 0.1) is 34.4 Å². The Morgan fingerprint density at radius 2 is 0.945 bits per heavy atom. The Bertz CT molecular complexity index is 936. The van der Waals surface area contributed by atoms with Crippen LogP contribution < -0.4 is 0 Å². The normalized spacial score (nSPS) is 13.9. The van der Waals surface area contributed by atoms with Crippen LogP contribution in [0.5, 0.6) is 0 Å². The number of carbonyl (C=O) groups is 1. The zero-order valence-electron chi connectivity index (χ0n) is 36.9. The third-order valence-corrected chi connectivity index (χ3v) is 11.0. The summed E-state index contributed by atoms with van der Waals surface area (Å²) in [5, 5.41) is 0. The first kappa shape index (κ1) is 54.0. The number of likely N-dealkylation sites (N-methyl/N-ethyl adjacent to an activating group) is 1. The number of rotatable bonds is 43. The first-order chi connectivity index (χ1) is 26.6. The summed E-state index contributed by atoms with van der Waals surface area (Å²) in [6.07, 6.45) is 44.9. The van der Waals surface area contributed by atoms with E-state index in [1.807, 2.05) is 21.1 Å². The molecule has 0 radical (unpaired) electrons. The summed E-state index contributed by atoms with van der Waals surface area (Å²) in [5.74, 6) is -0.318. The Morgan fingerprint density at radius 1 is 0.545 bits per heavy atom. The Labute approximate surface area is 341 Å². The quantitative estimate of drug-likeness (QED) is 0.0216. The number of phosphoric acid groups is 1. The van der Waals surface area contributed by atoms with E-state index in [0.29, 0.717) is 24.1 Å². The molecule has 2 atom stereocenters. The van der Waals surface area contributed by atoms with Gasteiger partial charge < -0.3 is 18.9 Å². The molecule has 0 spiro atoms. The van der Waals surface area contributed by atoms with Gasteiger partial charge in [-0.1, -0.05) is 160 Å². The van der Waals surface area contributed by atoms with E-state index < -0.39 is 13.9 Å². The molecule has 0 bridgehead atoms. The number of esters is 1. The number of hydrogen-bond acceptors (Lipinski definition) is 6. The number of nitrogens with zero attached hydrogens (tertiary/aromatic N) is 1. The highest BCUT2D eigenvalue weighted by atomic mass is 31.2. The molecule has 0 rings (SSSR count). The van der Waals surface area contributed by atoms with E-state index >= 15 is 0 Å². The van der Waals surface area contributed by atoms with Crippen molar-refractivity contribution in [3.63, 3.8) is 0 Å². The molecule has 0 fully saturated rings. The van der Waals surface area contributed by atoms with Crippen molar-refractivity contribution in [3.05, 3.63) is 24.3 Å². The van der Waals surface area contributed by atoms with Gasteiger partial charge in [-0.25, -0.2) is 4.57 Å². The van der Waals surface area contributed by atoms with Gasteiger partial charge in [0.15, 0.2) is 0 Å². The predicted octanol–water partition coefficient (Wildman–Crippen LogP) is 13.6. The van der Waals surface area contributed by atoms with Crippen LogP contribution in [0.2, 0.25) is 0 Å². The minimum atomic E-state index is -4.27. The van der Waals surface area contributed by atoms with Crippen LogP contribution in [0, 0.1) is 0 Å². The fourth-order valence-electron chi connectivity index (χ4n) is 6.37. The average molecular weight is 801 g/mol. The first-order valence-corrected chi connectivity index (χ1v) is 24.6. The summed E-state index contributed by atoms with van der Waals surface area (Å²) in [5.41, 5.74) is 0.